The van der Waals surface area contributed by atoms with E-state index in [1.807, 2.05) is 97.1 Å². The van der Waals surface area contributed by atoms with Crippen molar-refractivity contribution in [2.75, 3.05) is 0 Å². The van der Waals surface area contributed by atoms with Crippen LogP contribution in [0.25, 0.3) is 12.2 Å². The van der Waals surface area contributed by atoms with Crippen LogP contribution in [0.4, 0.5) is 11.4 Å². The zero-order valence-electron chi connectivity index (χ0n) is 27.1. The van der Waals surface area contributed by atoms with Gasteiger partial charge in [0.25, 0.3) is 0 Å². The molecular formula is C44H36N2O3. The largest absolute Gasteiger partial charge is 0.618 e. The molecule has 0 fully saturated rings. The van der Waals surface area contributed by atoms with E-state index in [1.165, 1.54) is 0 Å². The molecule has 0 unspecified atom stereocenters. The second kappa shape index (κ2) is 15.4. The summed E-state index contributed by atoms with van der Waals surface area (Å²) in [4.78, 5) is 0. The van der Waals surface area contributed by atoms with Gasteiger partial charge in [0.15, 0.2) is 12.4 Å². The van der Waals surface area contributed by atoms with Crippen molar-refractivity contribution in [3.63, 3.8) is 0 Å². The monoisotopic (exact) mass is 640 g/mol. The van der Waals surface area contributed by atoms with Gasteiger partial charge in [-0.1, -0.05) is 122 Å². The predicted molar refractivity (Wildman–Crippen MR) is 201 cm³/mol. The quantitative estimate of drug-likeness (QED) is 0.0579. The molecule has 0 radical (unpaired) electrons. The minimum absolute atomic E-state index is 0.533. The standard InChI is InChI=1S/C44H36N2O3/c1-3-39-35(31-45(47)37-21-13-7-14-22-37)25-27-43(41(39)29-33-17-9-5-10-18-33)49-44-28-26-36(32-46(48)38-23-15-8-16-24-38)40(4-2)42(44)30-34-19-11-6-12-20-34/h3-28,31-32H,1-2,29-30H2. The highest BCUT2D eigenvalue weighted by atomic mass is 16.5. The van der Waals surface area contributed by atoms with Crippen LogP contribution in [0.15, 0.2) is 159 Å². The molecule has 0 saturated heterocycles. The first-order valence-electron chi connectivity index (χ1n) is 16.1. The fourth-order valence-electron chi connectivity index (χ4n) is 5.86. The molecule has 0 spiro atoms. The van der Waals surface area contributed by atoms with Crippen molar-refractivity contribution in [1.82, 2.24) is 0 Å². The molecule has 6 aromatic carbocycles. The van der Waals surface area contributed by atoms with Crippen LogP contribution in [0.2, 0.25) is 0 Å². The van der Waals surface area contributed by atoms with E-state index in [0.29, 0.717) is 35.7 Å². The van der Waals surface area contributed by atoms with Gasteiger partial charge in [-0.2, -0.15) is 9.48 Å². The predicted octanol–water partition coefficient (Wildman–Crippen LogP) is 10.5. The molecule has 5 nitrogen and oxygen atoms in total. The Kier molecular flexibility index (Phi) is 10.2. The third-order valence-electron chi connectivity index (χ3n) is 8.31. The van der Waals surface area contributed by atoms with E-state index in [2.05, 4.69) is 37.4 Å². The van der Waals surface area contributed by atoms with Crippen molar-refractivity contribution in [3.8, 4) is 11.5 Å². The van der Waals surface area contributed by atoms with Gasteiger partial charge < -0.3 is 15.2 Å². The molecule has 0 atom stereocenters. The van der Waals surface area contributed by atoms with Crippen LogP contribution in [0.1, 0.15) is 44.5 Å². The number of hydrogen-bond donors (Lipinski definition) is 0. The van der Waals surface area contributed by atoms with E-state index in [9.17, 15) is 10.4 Å². The van der Waals surface area contributed by atoms with E-state index < -0.39 is 0 Å². The Morgan fingerprint density at radius 1 is 0.469 bits per heavy atom. The van der Waals surface area contributed by atoms with Crippen LogP contribution in [0.5, 0.6) is 11.5 Å². The van der Waals surface area contributed by atoms with Crippen LogP contribution < -0.4 is 4.74 Å². The maximum Gasteiger partial charge on any atom is 0.216 e. The second-order valence-corrected chi connectivity index (χ2v) is 11.5. The van der Waals surface area contributed by atoms with Crippen molar-refractivity contribution < 1.29 is 14.2 Å². The van der Waals surface area contributed by atoms with E-state index in [-0.39, 0.29) is 0 Å². The summed E-state index contributed by atoms with van der Waals surface area (Å²) in [5.41, 5.74) is 8.11. The van der Waals surface area contributed by atoms with Gasteiger partial charge in [-0.3, -0.25) is 0 Å². The van der Waals surface area contributed by atoms with Gasteiger partial charge in [0.05, 0.1) is 0 Å². The molecule has 0 aliphatic rings. The topological polar surface area (TPSA) is 61.4 Å². The third kappa shape index (κ3) is 7.75. The van der Waals surface area contributed by atoms with E-state index in [1.54, 1.807) is 48.8 Å². The van der Waals surface area contributed by atoms with Crippen LogP contribution >= 0.6 is 0 Å². The van der Waals surface area contributed by atoms with E-state index in [4.69, 9.17) is 4.74 Å². The normalized spacial score (nSPS) is 11.6. The summed E-state index contributed by atoms with van der Waals surface area (Å²) in [5, 5.41) is 26.3. The van der Waals surface area contributed by atoms with E-state index >= 15 is 0 Å². The van der Waals surface area contributed by atoms with Gasteiger partial charge >= 0.3 is 0 Å². The van der Waals surface area contributed by atoms with Crippen molar-refractivity contribution in [2.24, 2.45) is 0 Å². The Bertz CT molecular complexity index is 1970. The lowest BCUT2D eigenvalue weighted by Crippen LogP contribution is -2.07. The molecule has 0 aliphatic heterocycles. The van der Waals surface area contributed by atoms with Gasteiger partial charge in [-0.05, 0) is 46.5 Å². The minimum Gasteiger partial charge on any atom is -0.618 e. The van der Waals surface area contributed by atoms with Gasteiger partial charge in [0, 0.05) is 59.4 Å². The summed E-state index contributed by atoms with van der Waals surface area (Å²) in [6, 6.07) is 46.1. The SMILES string of the molecule is C=Cc1c(C=[N+]([O-])c2ccccc2)ccc(Oc2ccc(C=[N+]([O-])c3ccccc3)c(C=C)c2Cc2ccccc2)c1Cc1ccccc1. The van der Waals surface area contributed by atoms with E-state index in [0.717, 1.165) is 54.0 Å². The summed E-state index contributed by atoms with van der Waals surface area (Å²) in [5.74, 6) is 1.28. The fourth-order valence-corrected chi connectivity index (χ4v) is 5.86. The molecule has 5 heteroatoms. The van der Waals surface area contributed by atoms with Gasteiger partial charge in [-0.15, -0.1) is 0 Å². The smallest absolute Gasteiger partial charge is 0.216 e. The zero-order chi connectivity index (χ0) is 34.0. The lowest BCUT2D eigenvalue weighted by molar-refractivity contribution is -0.354. The Hall–Kier alpha value is -6.46. The van der Waals surface area contributed by atoms with Crippen molar-refractivity contribution in [2.45, 2.75) is 12.8 Å². The molecular weight excluding hydrogens is 604 g/mol. The zero-order valence-corrected chi connectivity index (χ0v) is 27.1. The molecule has 6 aromatic rings. The number of ether oxygens (including phenoxy) is 1. The molecule has 240 valence electrons. The molecule has 6 rings (SSSR count). The first-order chi connectivity index (χ1) is 24.0. The van der Waals surface area contributed by atoms with Crippen LogP contribution in [0.3, 0.4) is 0 Å². The highest BCUT2D eigenvalue weighted by Crippen LogP contribution is 2.37. The highest BCUT2D eigenvalue weighted by molar-refractivity contribution is 5.86. The van der Waals surface area contributed by atoms with Gasteiger partial charge in [0.1, 0.15) is 11.5 Å². The summed E-state index contributed by atoms with van der Waals surface area (Å²) in [6.07, 6.45) is 7.82. The molecule has 0 heterocycles. The van der Waals surface area contributed by atoms with Gasteiger partial charge in [0.2, 0.25) is 11.4 Å². The van der Waals surface area contributed by atoms with Crippen molar-refractivity contribution >= 4 is 36.0 Å². The van der Waals surface area contributed by atoms with Gasteiger partial charge in [-0.25, -0.2) is 0 Å². The van der Waals surface area contributed by atoms with Crippen molar-refractivity contribution in [1.29, 1.82) is 0 Å². The molecule has 0 saturated carbocycles. The highest BCUT2D eigenvalue weighted by Gasteiger charge is 2.20. The molecule has 0 bridgehead atoms. The average molecular weight is 641 g/mol. The first-order valence-corrected chi connectivity index (χ1v) is 16.1. The molecule has 0 aromatic heterocycles. The number of rotatable bonds is 12. The Morgan fingerprint density at radius 2 is 0.816 bits per heavy atom. The first kappa shape index (κ1) is 32.5. The Morgan fingerprint density at radius 3 is 1.16 bits per heavy atom. The number of hydrogen-bond acceptors (Lipinski definition) is 3. The maximum atomic E-state index is 13.2. The Labute approximate surface area is 287 Å². The average Bonchev–Trinajstić information content (AvgIpc) is 3.15. The minimum atomic E-state index is 0.533. The lowest BCUT2D eigenvalue weighted by Gasteiger charge is -2.20. The molecule has 49 heavy (non-hydrogen) atoms. The van der Waals surface area contributed by atoms with Crippen LogP contribution in [-0.2, 0) is 12.8 Å². The fraction of sp³-hybridized carbons (Fsp3) is 0.0455. The summed E-state index contributed by atoms with van der Waals surface area (Å²) < 4.78 is 8.59. The molecule has 0 aliphatic carbocycles. The molecule has 0 amide bonds. The summed E-state index contributed by atoms with van der Waals surface area (Å²) in [6.45, 7) is 8.28. The summed E-state index contributed by atoms with van der Waals surface area (Å²) in [7, 11) is 0. The Balaban J connectivity index is 1.48. The second-order valence-electron chi connectivity index (χ2n) is 11.5. The number of para-hydroxylation sites is 2. The van der Waals surface area contributed by atoms with Crippen LogP contribution in [0, 0.1) is 10.4 Å². The summed E-state index contributed by atoms with van der Waals surface area (Å²) >= 11 is 0. The maximum absolute atomic E-state index is 13.2. The molecule has 0 N–H and O–H groups in total. The number of benzene rings is 6. The van der Waals surface area contributed by atoms with Crippen LogP contribution in [-0.4, -0.2) is 21.9 Å². The third-order valence-corrected chi connectivity index (χ3v) is 8.31. The number of nitrogens with zero attached hydrogens (tertiary/aromatic N) is 2. The lowest BCUT2D eigenvalue weighted by atomic mass is 9.93. The van der Waals surface area contributed by atoms with Crippen molar-refractivity contribution in [3.05, 3.63) is 214 Å².